The van der Waals surface area contributed by atoms with Crippen molar-refractivity contribution in [1.29, 1.82) is 0 Å². The summed E-state index contributed by atoms with van der Waals surface area (Å²) in [5.41, 5.74) is 1.11. The fraction of sp³-hybridized carbons (Fsp3) is 0.467. The molecule has 2 N–H and O–H groups in total. The fourth-order valence-electron chi connectivity index (χ4n) is 3.03. The summed E-state index contributed by atoms with van der Waals surface area (Å²) in [5, 5.41) is 5.87. The van der Waals surface area contributed by atoms with Gasteiger partial charge in [0.15, 0.2) is 0 Å². The van der Waals surface area contributed by atoms with Crippen LogP contribution in [0.4, 0.5) is 10.1 Å². The Balaban J connectivity index is 0.00000176. The second kappa shape index (κ2) is 6.62. The van der Waals surface area contributed by atoms with Crippen LogP contribution >= 0.6 is 12.4 Å². The minimum absolute atomic E-state index is 0. The third kappa shape index (κ3) is 3.08. The molecular weight excluding hydrogens is 309 g/mol. The molecule has 2 unspecified atom stereocenters. The van der Waals surface area contributed by atoms with Gasteiger partial charge in [-0.15, -0.1) is 12.4 Å². The number of benzene rings is 1. The van der Waals surface area contributed by atoms with Gasteiger partial charge in [-0.05, 0) is 24.6 Å². The van der Waals surface area contributed by atoms with Crippen LogP contribution in [0.25, 0.3) is 0 Å². The van der Waals surface area contributed by atoms with Gasteiger partial charge in [0.2, 0.25) is 11.8 Å². The predicted molar refractivity (Wildman–Crippen MR) is 83.7 cm³/mol. The van der Waals surface area contributed by atoms with E-state index in [0.29, 0.717) is 17.8 Å². The Hall–Kier alpha value is -1.66. The van der Waals surface area contributed by atoms with E-state index in [1.165, 1.54) is 12.1 Å². The monoisotopic (exact) mass is 327 g/mol. The predicted octanol–water partition coefficient (Wildman–Crippen LogP) is 1.49. The standard InChI is InChI=1S/C15H18FN3O2.ClH/c1-9-8-17-4-5-19(9)15(21)12-7-14(20)18-13-6-10(16)2-3-11(12)13;/h2-3,6,9,12,17H,4-5,7-8H2,1H3,(H,18,20);1H. The van der Waals surface area contributed by atoms with E-state index < -0.39 is 11.7 Å². The number of nitrogens with one attached hydrogen (secondary N) is 2. The Bertz CT molecular complexity index is 596. The van der Waals surface area contributed by atoms with Crippen LogP contribution in [0.5, 0.6) is 0 Å². The van der Waals surface area contributed by atoms with Gasteiger partial charge >= 0.3 is 0 Å². The largest absolute Gasteiger partial charge is 0.337 e. The maximum atomic E-state index is 13.3. The minimum Gasteiger partial charge on any atom is -0.337 e. The lowest BCUT2D eigenvalue weighted by Crippen LogP contribution is -2.54. The number of fused-ring (bicyclic) bond motifs is 1. The molecule has 2 aliphatic rings. The number of carbonyl (C=O) groups excluding carboxylic acids is 2. The van der Waals surface area contributed by atoms with Crippen LogP contribution in [0, 0.1) is 5.82 Å². The van der Waals surface area contributed by atoms with Crippen molar-refractivity contribution in [3.05, 3.63) is 29.6 Å². The molecule has 0 bridgehead atoms. The average molecular weight is 328 g/mol. The molecule has 2 amide bonds. The van der Waals surface area contributed by atoms with E-state index in [1.54, 1.807) is 6.07 Å². The van der Waals surface area contributed by atoms with E-state index in [0.717, 1.165) is 13.1 Å². The van der Waals surface area contributed by atoms with E-state index in [9.17, 15) is 14.0 Å². The quantitative estimate of drug-likeness (QED) is 0.821. The van der Waals surface area contributed by atoms with Gasteiger partial charge in [-0.3, -0.25) is 9.59 Å². The van der Waals surface area contributed by atoms with Crippen molar-refractivity contribution in [3.63, 3.8) is 0 Å². The van der Waals surface area contributed by atoms with Crippen LogP contribution in [0.15, 0.2) is 18.2 Å². The Kier molecular flexibility index (Phi) is 5.03. The first-order chi connectivity index (χ1) is 10.1. The number of anilines is 1. The maximum absolute atomic E-state index is 13.3. The van der Waals surface area contributed by atoms with E-state index in [1.807, 2.05) is 11.8 Å². The average Bonchev–Trinajstić information content (AvgIpc) is 2.45. The molecule has 0 spiro atoms. The summed E-state index contributed by atoms with van der Waals surface area (Å²) in [6.07, 6.45) is 0.119. The number of nitrogens with zero attached hydrogens (tertiary/aromatic N) is 1. The Morgan fingerprint density at radius 1 is 1.41 bits per heavy atom. The van der Waals surface area contributed by atoms with Crippen LogP contribution in [0.2, 0.25) is 0 Å². The molecule has 5 nitrogen and oxygen atoms in total. The molecule has 0 aliphatic carbocycles. The Morgan fingerprint density at radius 2 is 2.18 bits per heavy atom. The van der Waals surface area contributed by atoms with Gasteiger partial charge in [0.1, 0.15) is 5.82 Å². The SMILES string of the molecule is CC1CNCCN1C(=O)C1CC(=O)Nc2cc(F)ccc21.Cl. The molecule has 0 aromatic heterocycles. The van der Waals surface area contributed by atoms with Crippen molar-refractivity contribution in [2.75, 3.05) is 25.0 Å². The normalized spacial score (nSPS) is 24.1. The molecule has 1 aromatic carbocycles. The highest BCUT2D eigenvalue weighted by atomic mass is 35.5. The number of piperazine rings is 1. The lowest BCUT2D eigenvalue weighted by atomic mass is 9.88. The van der Waals surface area contributed by atoms with Gasteiger partial charge in [0.25, 0.3) is 0 Å². The van der Waals surface area contributed by atoms with Crippen LogP contribution in [0.3, 0.4) is 0 Å². The van der Waals surface area contributed by atoms with Crippen molar-refractivity contribution in [2.45, 2.75) is 25.3 Å². The second-order valence-corrected chi connectivity index (χ2v) is 5.62. The molecule has 0 radical (unpaired) electrons. The molecule has 120 valence electrons. The maximum Gasteiger partial charge on any atom is 0.231 e. The number of hydrogen-bond donors (Lipinski definition) is 2. The smallest absolute Gasteiger partial charge is 0.231 e. The summed E-state index contributed by atoms with van der Waals surface area (Å²) in [5.74, 6) is -1.23. The summed E-state index contributed by atoms with van der Waals surface area (Å²) >= 11 is 0. The first kappa shape index (κ1) is 16.7. The summed E-state index contributed by atoms with van der Waals surface area (Å²) in [7, 11) is 0. The molecule has 1 aromatic rings. The third-order valence-electron chi connectivity index (χ3n) is 4.14. The summed E-state index contributed by atoms with van der Waals surface area (Å²) in [6, 6.07) is 4.30. The highest BCUT2D eigenvalue weighted by Crippen LogP contribution is 2.34. The van der Waals surface area contributed by atoms with Crippen molar-refractivity contribution in [1.82, 2.24) is 10.2 Å². The molecule has 2 atom stereocenters. The van der Waals surface area contributed by atoms with Crippen LogP contribution in [-0.2, 0) is 9.59 Å². The lowest BCUT2D eigenvalue weighted by Gasteiger charge is -2.37. The van der Waals surface area contributed by atoms with Crippen molar-refractivity contribution in [2.24, 2.45) is 0 Å². The van der Waals surface area contributed by atoms with Crippen LogP contribution < -0.4 is 10.6 Å². The van der Waals surface area contributed by atoms with Gasteiger partial charge in [0.05, 0.1) is 5.92 Å². The van der Waals surface area contributed by atoms with Gasteiger partial charge in [-0.25, -0.2) is 4.39 Å². The Labute approximate surface area is 134 Å². The van der Waals surface area contributed by atoms with E-state index in [-0.39, 0.29) is 36.7 Å². The van der Waals surface area contributed by atoms with Crippen molar-refractivity contribution < 1.29 is 14.0 Å². The van der Waals surface area contributed by atoms with Crippen LogP contribution in [-0.4, -0.2) is 42.4 Å². The molecule has 3 rings (SSSR count). The van der Waals surface area contributed by atoms with Crippen molar-refractivity contribution >= 4 is 29.9 Å². The molecular formula is C15H19ClFN3O2. The molecule has 1 saturated heterocycles. The molecule has 2 heterocycles. The third-order valence-corrected chi connectivity index (χ3v) is 4.14. The van der Waals surface area contributed by atoms with Crippen LogP contribution in [0.1, 0.15) is 24.8 Å². The van der Waals surface area contributed by atoms with E-state index in [2.05, 4.69) is 10.6 Å². The van der Waals surface area contributed by atoms with E-state index in [4.69, 9.17) is 0 Å². The first-order valence-corrected chi connectivity index (χ1v) is 7.17. The van der Waals surface area contributed by atoms with Gasteiger partial charge in [0, 0.05) is 37.8 Å². The second-order valence-electron chi connectivity index (χ2n) is 5.62. The lowest BCUT2D eigenvalue weighted by molar-refractivity contribution is -0.137. The number of amides is 2. The van der Waals surface area contributed by atoms with Gasteiger partial charge in [-0.1, -0.05) is 6.07 Å². The van der Waals surface area contributed by atoms with Crippen molar-refractivity contribution in [3.8, 4) is 0 Å². The number of halogens is 2. The van der Waals surface area contributed by atoms with Gasteiger partial charge < -0.3 is 15.5 Å². The number of rotatable bonds is 1. The highest BCUT2D eigenvalue weighted by Gasteiger charge is 2.35. The highest BCUT2D eigenvalue weighted by molar-refractivity contribution is 6.01. The zero-order chi connectivity index (χ0) is 15.0. The topological polar surface area (TPSA) is 61.4 Å². The number of carbonyl (C=O) groups is 2. The molecule has 1 fully saturated rings. The zero-order valence-electron chi connectivity index (χ0n) is 12.3. The molecule has 2 aliphatic heterocycles. The zero-order valence-corrected chi connectivity index (χ0v) is 13.1. The minimum atomic E-state index is -0.519. The first-order valence-electron chi connectivity index (χ1n) is 7.17. The molecule has 7 heteroatoms. The van der Waals surface area contributed by atoms with E-state index >= 15 is 0 Å². The number of hydrogen-bond acceptors (Lipinski definition) is 3. The summed E-state index contributed by atoms with van der Waals surface area (Å²) in [6.45, 7) is 4.12. The van der Waals surface area contributed by atoms with Gasteiger partial charge in [-0.2, -0.15) is 0 Å². The molecule has 0 saturated carbocycles. The Morgan fingerprint density at radius 3 is 2.91 bits per heavy atom. The fourth-order valence-corrected chi connectivity index (χ4v) is 3.03. The summed E-state index contributed by atoms with van der Waals surface area (Å²) in [4.78, 5) is 26.4. The summed E-state index contributed by atoms with van der Waals surface area (Å²) < 4.78 is 13.3. The molecule has 22 heavy (non-hydrogen) atoms.